The molecular weight excluding hydrogens is 735 g/mol. The van der Waals surface area contributed by atoms with Crippen LogP contribution in [0.3, 0.4) is 0 Å². The fourth-order valence-corrected chi connectivity index (χ4v) is 10.5. The van der Waals surface area contributed by atoms with E-state index in [1.54, 1.807) is 0 Å². The molecule has 2 atom stereocenters. The maximum atomic E-state index is 6.85. The number of hydrogen-bond acceptors (Lipinski definition) is 4. The van der Waals surface area contributed by atoms with Crippen LogP contribution in [0.25, 0.3) is 92.9 Å². The summed E-state index contributed by atoms with van der Waals surface area (Å²) in [6.07, 6.45) is 0.764. The summed E-state index contributed by atoms with van der Waals surface area (Å²) in [7, 11) is 0. The van der Waals surface area contributed by atoms with Crippen LogP contribution in [0.4, 0.5) is 0 Å². The maximum absolute atomic E-state index is 6.85. The largest absolute Gasteiger partial charge is 0.456 e. The first-order valence-corrected chi connectivity index (χ1v) is 20.7. The molecule has 2 aliphatic rings. The number of benzene rings is 9. The van der Waals surface area contributed by atoms with E-state index < -0.39 is 0 Å². The van der Waals surface area contributed by atoms with E-state index in [2.05, 4.69) is 162 Å². The van der Waals surface area contributed by atoms with Crippen LogP contribution in [0.1, 0.15) is 28.3 Å². The Balaban J connectivity index is 1.15. The highest BCUT2D eigenvalue weighted by molar-refractivity contribution is 6.26. The number of rotatable bonds is 2. The Morgan fingerprint density at radius 3 is 2.10 bits per heavy atom. The van der Waals surface area contributed by atoms with E-state index in [9.17, 15) is 0 Å². The van der Waals surface area contributed by atoms with Crippen molar-refractivity contribution in [2.24, 2.45) is 15.9 Å². The number of aliphatic imine (C=N–C) groups is 2. The molecule has 0 saturated heterocycles. The van der Waals surface area contributed by atoms with Crippen LogP contribution in [0.2, 0.25) is 0 Å². The minimum Gasteiger partial charge on any atom is -0.456 e. The zero-order valence-electron chi connectivity index (χ0n) is 32.3. The van der Waals surface area contributed by atoms with E-state index in [1.807, 2.05) is 18.2 Å². The molecule has 0 aliphatic carbocycles. The van der Waals surface area contributed by atoms with Gasteiger partial charge in [-0.1, -0.05) is 127 Å². The van der Waals surface area contributed by atoms with Crippen LogP contribution < -0.4 is 0 Å². The van der Waals surface area contributed by atoms with Crippen LogP contribution >= 0.6 is 0 Å². The van der Waals surface area contributed by atoms with Gasteiger partial charge in [0.2, 0.25) is 0 Å². The highest BCUT2D eigenvalue weighted by Gasteiger charge is 2.37. The molecule has 0 saturated carbocycles. The van der Waals surface area contributed by atoms with Gasteiger partial charge < -0.3 is 13.4 Å². The Bertz CT molecular complexity index is 3880. The summed E-state index contributed by atoms with van der Waals surface area (Å²) >= 11 is 0. The molecule has 2 aliphatic heterocycles. The van der Waals surface area contributed by atoms with Crippen molar-refractivity contribution in [2.75, 3.05) is 0 Å². The Labute approximate surface area is 343 Å². The number of fused-ring (bicyclic) bond motifs is 17. The fourth-order valence-electron chi connectivity index (χ4n) is 10.5. The standard InChI is InChI=1S/C55H33N3O2/c1-2-12-33(13-3-1)53-43-25-31-21-23-37-40-27-34-14-4-5-15-35(34)28-45(40)58(44(37)26-31)46-30-50-42(51-36-16-7-6-11-32(36)22-24-49(51)60-50)29-41(46)54(43)57-55(56-53)39-18-10-20-48-52(39)38-17-8-9-19-47(38)59-48/h1-24,26-30,43,53H,25H2. The van der Waals surface area contributed by atoms with Crippen LogP contribution in [-0.4, -0.2) is 16.1 Å². The van der Waals surface area contributed by atoms with Crippen molar-refractivity contribution in [3.8, 4) is 5.69 Å². The van der Waals surface area contributed by atoms with Gasteiger partial charge in [0, 0.05) is 55.4 Å². The predicted molar refractivity (Wildman–Crippen MR) is 246 cm³/mol. The molecule has 14 rings (SSSR count). The van der Waals surface area contributed by atoms with Gasteiger partial charge in [-0.2, -0.15) is 0 Å². The minimum atomic E-state index is -0.207. The lowest BCUT2D eigenvalue weighted by Crippen LogP contribution is -2.30. The van der Waals surface area contributed by atoms with Crippen molar-refractivity contribution < 1.29 is 8.83 Å². The van der Waals surface area contributed by atoms with Crippen LogP contribution in [-0.2, 0) is 6.42 Å². The smallest absolute Gasteiger partial charge is 0.156 e. The van der Waals surface area contributed by atoms with Crippen LogP contribution in [0, 0.1) is 5.92 Å². The monoisotopic (exact) mass is 767 g/mol. The van der Waals surface area contributed by atoms with E-state index in [1.165, 1.54) is 43.4 Å². The zero-order chi connectivity index (χ0) is 39.1. The fraction of sp³-hybridized carbons (Fsp3) is 0.0545. The summed E-state index contributed by atoms with van der Waals surface area (Å²) < 4.78 is 15.8. The van der Waals surface area contributed by atoms with Crippen molar-refractivity contribution in [3.63, 3.8) is 0 Å². The third-order valence-electron chi connectivity index (χ3n) is 13.2. The van der Waals surface area contributed by atoms with Crippen molar-refractivity contribution >= 4 is 98.8 Å². The third kappa shape index (κ3) is 4.46. The maximum Gasteiger partial charge on any atom is 0.156 e. The van der Waals surface area contributed by atoms with Gasteiger partial charge in [-0.25, -0.2) is 4.99 Å². The second kappa shape index (κ2) is 11.9. The first-order valence-electron chi connectivity index (χ1n) is 20.7. The number of para-hydroxylation sites is 1. The lowest BCUT2D eigenvalue weighted by Gasteiger charge is -2.31. The van der Waals surface area contributed by atoms with Gasteiger partial charge in [0.25, 0.3) is 0 Å². The predicted octanol–water partition coefficient (Wildman–Crippen LogP) is 14.1. The number of nitrogens with zero attached hydrogens (tertiary/aromatic N) is 3. The Kier molecular flexibility index (Phi) is 6.39. The van der Waals surface area contributed by atoms with Crippen molar-refractivity contribution in [1.29, 1.82) is 0 Å². The number of aromatic nitrogens is 1. The number of amidine groups is 1. The molecular formula is C55H33N3O2. The SMILES string of the molecule is c1ccc(C2N=C(c3cccc4oc5ccccc5c34)N=C3c4cc5c(cc4-n4c6cc(ccc6c6cc7ccccc7cc64)CC32)oc2ccc3ccccc3c25)cc1. The van der Waals surface area contributed by atoms with Gasteiger partial charge in [0.1, 0.15) is 22.3 Å². The summed E-state index contributed by atoms with van der Waals surface area (Å²) in [5, 5.41) is 11.5. The van der Waals surface area contributed by atoms with Crippen LogP contribution in [0.15, 0.2) is 195 Å². The van der Waals surface area contributed by atoms with Crippen molar-refractivity contribution in [3.05, 3.63) is 198 Å². The molecule has 2 unspecified atom stereocenters. The number of furan rings is 2. The van der Waals surface area contributed by atoms with E-state index >= 15 is 0 Å². The molecule has 9 aromatic carbocycles. The van der Waals surface area contributed by atoms with Gasteiger partial charge in [0.05, 0.1) is 28.5 Å². The summed E-state index contributed by atoms with van der Waals surface area (Å²) in [6, 6.07) is 63.1. The Hall–Kier alpha value is -7.76. The first-order chi connectivity index (χ1) is 29.7. The second-order valence-corrected chi connectivity index (χ2v) is 16.4. The van der Waals surface area contributed by atoms with E-state index in [0.717, 1.165) is 83.9 Å². The van der Waals surface area contributed by atoms with Crippen LogP contribution in [0.5, 0.6) is 0 Å². The average molecular weight is 768 g/mol. The molecule has 5 heterocycles. The van der Waals surface area contributed by atoms with E-state index in [-0.39, 0.29) is 12.0 Å². The normalized spacial score (nSPS) is 16.5. The second-order valence-electron chi connectivity index (χ2n) is 16.4. The lowest BCUT2D eigenvalue weighted by atomic mass is 9.80. The highest BCUT2D eigenvalue weighted by Crippen LogP contribution is 2.46. The van der Waals surface area contributed by atoms with Gasteiger partial charge in [-0.15, -0.1) is 0 Å². The molecule has 0 N–H and O–H groups in total. The molecule has 5 heteroatoms. The van der Waals surface area contributed by atoms with Gasteiger partial charge in [-0.3, -0.25) is 4.99 Å². The summed E-state index contributed by atoms with van der Waals surface area (Å²) in [6.45, 7) is 0. The lowest BCUT2D eigenvalue weighted by molar-refractivity contribution is 0.545. The molecule has 0 spiro atoms. The molecule has 60 heavy (non-hydrogen) atoms. The van der Waals surface area contributed by atoms with E-state index in [4.69, 9.17) is 18.8 Å². The quantitative estimate of drug-likeness (QED) is 0.176. The minimum absolute atomic E-state index is 0.0725. The zero-order valence-corrected chi connectivity index (χ0v) is 32.3. The highest BCUT2D eigenvalue weighted by atomic mass is 16.3. The summed E-state index contributed by atoms with van der Waals surface area (Å²) in [5.41, 5.74) is 12.3. The molecule has 0 radical (unpaired) electrons. The Morgan fingerprint density at radius 1 is 0.467 bits per heavy atom. The molecule has 0 fully saturated rings. The first kappa shape index (κ1) is 32.2. The van der Waals surface area contributed by atoms with Gasteiger partial charge >= 0.3 is 0 Å². The molecule has 3 aromatic heterocycles. The van der Waals surface area contributed by atoms with E-state index in [0.29, 0.717) is 5.84 Å². The van der Waals surface area contributed by atoms with Crippen molar-refractivity contribution in [2.45, 2.75) is 12.5 Å². The van der Waals surface area contributed by atoms with Gasteiger partial charge in [0.15, 0.2) is 5.84 Å². The third-order valence-corrected chi connectivity index (χ3v) is 13.2. The Morgan fingerprint density at radius 2 is 1.20 bits per heavy atom. The molecule has 0 amide bonds. The molecule has 12 aromatic rings. The summed E-state index contributed by atoms with van der Waals surface area (Å²) in [4.78, 5) is 11.5. The molecule has 280 valence electrons. The molecule has 5 nitrogen and oxygen atoms in total. The van der Waals surface area contributed by atoms with Crippen molar-refractivity contribution in [1.82, 2.24) is 4.57 Å². The topological polar surface area (TPSA) is 55.9 Å². The molecule has 2 bridgehead atoms. The summed E-state index contributed by atoms with van der Waals surface area (Å²) in [5.74, 6) is 0.636. The number of hydrogen-bond donors (Lipinski definition) is 0. The van der Waals surface area contributed by atoms with Gasteiger partial charge in [-0.05, 0) is 81.6 Å². The average Bonchev–Trinajstić information content (AvgIpc) is 3.97.